The van der Waals surface area contributed by atoms with Crippen LogP contribution in [0.1, 0.15) is 65.6 Å². The zero-order valence-corrected chi connectivity index (χ0v) is 28.7. The van der Waals surface area contributed by atoms with Crippen molar-refractivity contribution in [3.05, 3.63) is 101 Å². The summed E-state index contributed by atoms with van der Waals surface area (Å²) < 4.78 is 25.9. The van der Waals surface area contributed by atoms with E-state index in [1.165, 1.54) is 32.2 Å². The van der Waals surface area contributed by atoms with Crippen molar-refractivity contribution in [2.75, 3.05) is 30.7 Å². The summed E-state index contributed by atoms with van der Waals surface area (Å²) in [6.45, 7) is 7.88. The van der Waals surface area contributed by atoms with E-state index in [-0.39, 0.29) is 41.2 Å². The molecule has 254 valence electrons. The third-order valence-electron chi connectivity index (χ3n) is 7.64. The van der Waals surface area contributed by atoms with E-state index >= 15 is 0 Å². The molecule has 0 saturated carbocycles. The molecule has 3 aromatic rings. The molecule has 0 aromatic heterocycles. The Kier molecular flexibility index (Phi) is 13.5. The molecule has 0 aliphatic heterocycles. The third-order valence-corrected chi connectivity index (χ3v) is 8.85. The van der Waals surface area contributed by atoms with Gasteiger partial charge in [-0.1, -0.05) is 74.5 Å². The van der Waals surface area contributed by atoms with E-state index in [4.69, 9.17) is 0 Å². The maximum atomic E-state index is 13.8. The molecule has 47 heavy (non-hydrogen) atoms. The van der Waals surface area contributed by atoms with Crippen molar-refractivity contribution in [1.82, 2.24) is 21.3 Å². The number of rotatable bonds is 16. The van der Waals surface area contributed by atoms with Gasteiger partial charge in [-0.25, -0.2) is 8.42 Å². The Morgan fingerprint density at radius 2 is 1.36 bits per heavy atom. The molecule has 0 heterocycles. The monoisotopic (exact) mass is 665 g/mol. The molecular formula is C35H47N5O6S. The largest absolute Gasteiger partial charge is 0.391 e. The molecule has 0 aliphatic rings. The Balaban J connectivity index is 1.91. The van der Waals surface area contributed by atoms with Crippen molar-refractivity contribution < 1.29 is 27.9 Å². The summed E-state index contributed by atoms with van der Waals surface area (Å²) in [5.74, 6) is -1.14. The average molecular weight is 666 g/mol. The van der Waals surface area contributed by atoms with Crippen molar-refractivity contribution in [1.29, 1.82) is 0 Å². The molecule has 0 bridgehead atoms. The minimum Gasteiger partial charge on any atom is -0.391 e. The van der Waals surface area contributed by atoms with Gasteiger partial charge in [-0.3, -0.25) is 18.7 Å². The first-order chi connectivity index (χ1) is 22.1. The second kappa shape index (κ2) is 17.1. The lowest BCUT2D eigenvalue weighted by Gasteiger charge is -2.26. The molecule has 11 nitrogen and oxygen atoms in total. The van der Waals surface area contributed by atoms with Crippen LogP contribution in [0.25, 0.3) is 0 Å². The predicted molar refractivity (Wildman–Crippen MR) is 185 cm³/mol. The van der Waals surface area contributed by atoms with Crippen LogP contribution in [0.4, 0.5) is 5.69 Å². The van der Waals surface area contributed by atoms with Gasteiger partial charge in [0.15, 0.2) is 0 Å². The molecule has 0 aliphatic carbocycles. The molecule has 0 radical (unpaired) electrons. The smallest absolute Gasteiger partial charge is 0.251 e. The van der Waals surface area contributed by atoms with Gasteiger partial charge in [-0.2, -0.15) is 0 Å². The molecule has 3 amide bonds. The molecular weight excluding hydrogens is 618 g/mol. The number of aliphatic hydroxyl groups excluding tert-OH is 1. The maximum Gasteiger partial charge on any atom is 0.251 e. The lowest BCUT2D eigenvalue weighted by molar-refractivity contribution is -0.125. The second-order valence-electron chi connectivity index (χ2n) is 12.2. The Morgan fingerprint density at radius 1 is 0.809 bits per heavy atom. The SMILES string of the molecule is CC(C)CNC(=O)[C@@H](NC[C@H](Cc1ccccc1)NC(=O)c1cc(C(=O)N[C@H](C)c2ccccc2)cc(N(C)S(C)(=O)=O)c1)[C@@H](C)O. The Labute approximate surface area is 278 Å². The van der Waals surface area contributed by atoms with Gasteiger partial charge in [-0.05, 0) is 55.5 Å². The normalized spacial score (nSPS) is 14.0. The average Bonchev–Trinajstić information content (AvgIpc) is 3.03. The quantitative estimate of drug-likeness (QED) is 0.158. The zero-order valence-electron chi connectivity index (χ0n) is 27.9. The first kappa shape index (κ1) is 37.2. The van der Waals surface area contributed by atoms with Crippen LogP contribution in [0.5, 0.6) is 0 Å². The number of anilines is 1. The van der Waals surface area contributed by atoms with E-state index in [0.29, 0.717) is 13.0 Å². The van der Waals surface area contributed by atoms with E-state index in [1.807, 2.05) is 81.4 Å². The molecule has 0 fully saturated rings. The first-order valence-electron chi connectivity index (χ1n) is 15.6. The molecule has 5 N–H and O–H groups in total. The fourth-order valence-corrected chi connectivity index (χ4v) is 5.35. The fraction of sp³-hybridized carbons (Fsp3) is 0.400. The van der Waals surface area contributed by atoms with Gasteiger partial charge >= 0.3 is 0 Å². The van der Waals surface area contributed by atoms with Crippen molar-refractivity contribution in [2.24, 2.45) is 5.92 Å². The Bertz CT molecular complexity index is 1600. The van der Waals surface area contributed by atoms with Crippen LogP contribution in [0.15, 0.2) is 78.9 Å². The summed E-state index contributed by atoms with van der Waals surface area (Å²) in [6, 6.07) is 21.3. The third kappa shape index (κ3) is 11.5. The highest BCUT2D eigenvalue weighted by Gasteiger charge is 2.26. The minimum absolute atomic E-state index is 0.0790. The highest BCUT2D eigenvalue weighted by atomic mass is 32.2. The number of nitrogens with one attached hydrogen (secondary N) is 4. The molecule has 0 spiro atoms. The van der Waals surface area contributed by atoms with Crippen LogP contribution < -0.4 is 25.6 Å². The Hall–Kier alpha value is -4.26. The van der Waals surface area contributed by atoms with Gasteiger partial charge < -0.3 is 26.4 Å². The predicted octanol–water partition coefficient (Wildman–Crippen LogP) is 3.03. The Morgan fingerprint density at radius 3 is 1.89 bits per heavy atom. The highest BCUT2D eigenvalue weighted by molar-refractivity contribution is 7.92. The number of hydrogen-bond acceptors (Lipinski definition) is 7. The topological polar surface area (TPSA) is 157 Å². The number of nitrogens with zero attached hydrogens (tertiary/aromatic N) is 1. The van der Waals surface area contributed by atoms with Crippen LogP contribution in [0.3, 0.4) is 0 Å². The van der Waals surface area contributed by atoms with E-state index in [1.54, 1.807) is 0 Å². The minimum atomic E-state index is -3.72. The standard InChI is InChI=1S/C35H47N5O6S/c1-23(2)21-37-35(44)32(25(4)41)36-22-30(17-26-13-9-7-10-14-26)39-34(43)29-18-28(19-31(20-29)40(5)47(6,45)46)33(42)38-24(3)27-15-11-8-12-16-27/h7-16,18-20,23-25,30,32,36,41H,17,21-22H2,1-6H3,(H,37,44)(H,38,42)(H,39,43)/t24-,25-,30+,32+/m1/s1. The number of aliphatic hydroxyl groups is 1. The van der Waals surface area contributed by atoms with E-state index < -0.39 is 40.0 Å². The van der Waals surface area contributed by atoms with E-state index in [2.05, 4.69) is 21.3 Å². The summed E-state index contributed by atoms with van der Waals surface area (Å²) in [6.07, 6.45) is 0.428. The molecule has 12 heteroatoms. The van der Waals surface area contributed by atoms with Crippen molar-refractivity contribution in [2.45, 2.75) is 58.3 Å². The number of amides is 3. The molecule has 3 rings (SSSR count). The fourth-order valence-electron chi connectivity index (χ4n) is 4.86. The molecule has 0 saturated heterocycles. The summed E-state index contributed by atoms with van der Waals surface area (Å²) in [7, 11) is -2.37. The lowest BCUT2D eigenvalue weighted by atomic mass is 10.0. The van der Waals surface area contributed by atoms with Gasteiger partial charge in [0.25, 0.3) is 11.8 Å². The number of hydrogen-bond donors (Lipinski definition) is 5. The summed E-state index contributed by atoms with van der Waals surface area (Å²) in [5.41, 5.74) is 2.15. The lowest BCUT2D eigenvalue weighted by Crippen LogP contribution is -2.55. The van der Waals surface area contributed by atoms with Crippen LogP contribution in [-0.4, -0.2) is 75.8 Å². The van der Waals surface area contributed by atoms with Gasteiger partial charge in [0.1, 0.15) is 6.04 Å². The second-order valence-corrected chi connectivity index (χ2v) is 14.2. The van der Waals surface area contributed by atoms with Gasteiger partial charge in [0.2, 0.25) is 15.9 Å². The number of carbonyl (C=O) groups is 3. The van der Waals surface area contributed by atoms with Crippen LogP contribution in [0, 0.1) is 5.92 Å². The number of sulfonamides is 1. The van der Waals surface area contributed by atoms with Crippen LogP contribution in [-0.2, 0) is 21.2 Å². The van der Waals surface area contributed by atoms with Gasteiger partial charge in [0.05, 0.1) is 24.1 Å². The van der Waals surface area contributed by atoms with Crippen molar-refractivity contribution >= 4 is 33.4 Å². The van der Waals surface area contributed by atoms with Crippen molar-refractivity contribution in [3.63, 3.8) is 0 Å². The van der Waals surface area contributed by atoms with Gasteiger partial charge in [-0.15, -0.1) is 0 Å². The summed E-state index contributed by atoms with van der Waals surface area (Å²) >= 11 is 0. The van der Waals surface area contributed by atoms with Crippen molar-refractivity contribution in [3.8, 4) is 0 Å². The highest BCUT2D eigenvalue weighted by Crippen LogP contribution is 2.22. The van der Waals surface area contributed by atoms with E-state index in [0.717, 1.165) is 21.7 Å². The number of carbonyl (C=O) groups excluding carboxylic acids is 3. The van der Waals surface area contributed by atoms with Gasteiger partial charge in [0, 0.05) is 37.3 Å². The zero-order chi connectivity index (χ0) is 34.7. The molecule has 0 unspecified atom stereocenters. The number of benzene rings is 3. The summed E-state index contributed by atoms with van der Waals surface area (Å²) in [5, 5.41) is 22.2. The molecule has 4 atom stereocenters. The first-order valence-corrected chi connectivity index (χ1v) is 17.5. The maximum absolute atomic E-state index is 13.8. The molecule has 3 aromatic carbocycles. The van der Waals surface area contributed by atoms with Crippen LogP contribution >= 0.6 is 0 Å². The van der Waals surface area contributed by atoms with Crippen LogP contribution in [0.2, 0.25) is 0 Å². The summed E-state index contributed by atoms with van der Waals surface area (Å²) in [4.78, 5) is 40.1. The van der Waals surface area contributed by atoms with E-state index in [9.17, 15) is 27.9 Å².